The highest BCUT2D eigenvalue weighted by atomic mass is 35.5. The summed E-state index contributed by atoms with van der Waals surface area (Å²) in [6.45, 7) is 4.13. The molecule has 0 bridgehead atoms. The van der Waals surface area contributed by atoms with Gasteiger partial charge in [0.1, 0.15) is 5.54 Å². The molecule has 2 rings (SSSR count). The summed E-state index contributed by atoms with van der Waals surface area (Å²) in [5.74, 6) is -0.209. The van der Waals surface area contributed by atoms with Gasteiger partial charge in [-0.25, -0.2) is 0 Å². The van der Waals surface area contributed by atoms with Crippen molar-refractivity contribution in [1.29, 1.82) is 0 Å². The Balaban J connectivity index is 2.40. The van der Waals surface area contributed by atoms with Crippen LogP contribution in [0.4, 0.5) is 0 Å². The molecule has 1 aliphatic rings. The predicted molar refractivity (Wildman–Crippen MR) is 83.3 cm³/mol. The average molecular weight is 329 g/mol. The third-order valence-corrected chi connectivity index (χ3v) is 5.03. The molecule has 1 fully saturated rings. The van der Waals surface area contributed by atoms with Crippen LogP contribution in [0.15, 0.2) is 18.2 Å². The van der Waals surface area contributed by atoms with Gasteiger partial charge in [-0.3, -0.25) is 9.59 Å². The van der Waals surface area contributed by atoms with Crippen LogP contribution < -0.4 is 5.32 Å². The molecule has 0 aromatic heterocycles. The number of carbonyl (C=O) groups excluding carboxylic acids is 2. The summed E-state index contributed by atoms with van der Waals surface area (Å²) in [6, 6.07) is 5.31. The summed E-state index contributed by atoms with van der Waals surface area (Å²) in [5, 5.41) is 3.55. The summed E-state index contributed by atoms with van der Waals surface area (Å²) in [6.07, 6.45) is 1.11. The van der Waals surface area contributed by atoms with E-state index in [9.17, 15) is 9.59 Å². The summed E-state index contributed by atoms with van der Waals surface area (Å²) in [7, 11) is 0. The Labute approximate surface area is 134 Å². The molecule has 0 aliphatic carbocycles. The Bertz CT molecular complexity index is 571. The molecule has 114 valence electrons. The number of nitrogens with one attached hydrogen (secondary N) is 1. The summed E-state index contributed by atoms with van der Waals surface area (Å²) >= 11 is 12.2. The van der Waals surface area contributed by atoms with E-state index in [-0.39, 0.29) is 24.9 Å². The molecule has 0 atom stereocenters. The Hall–Kier alpha value is -1.26. The minimum absolute atomic E-state index is 0.0266. The first-order chi connectivity index (χ1) is 9.96. The van der Waals surface area contributed by atoms with Crippen molar-refractivity contribution in [2.24, 2.45) is 0 Å². The Kier molecular flexibility index (Phi) is 4.79. The van der Waals surface area contributed by atoms with E-state index in [2.05, 4.69) is 5.32 Å². The molecule has 0 unspecified atom stereocenters. The number of carbonyl (C=O) groups is 2. The maximum absolute atomic E-state index is 12.3. The van der Waals surface area contributed by atoms with E-state index in [1.807, 2.05) is 19.9 Å². The monoisotopic (exact) mass is 328 g/mol. The van der Waals surface area contributed by atoms with E-state index in [1.165, 1.54) is 0 Å². The second-order valence-electron chi connectivity index (χ2n) is 5.11. The third kappa shape index (κ3) is 2.74. The smallest absolute Gasteiger partial charge is 0.246 e. The molecule has 0 saturated carbocycles. The maximum Gasteiger partial charge on any atom is 0.246 e. The lowest BCUT2D eigenvalue weighted by atomic mass is 9.87. The van der Waals surface area contributed by atoms with E-state index < -0.39 is 5.54 Å². The summed E-state index contributed by atoms with van der Waals surface area (Å²) in [5.41, 5.74) is -0.0699. The molecule has 1 N–H and O–H groups in total. The van der Waals surface area contributed by atoms with Gasteiger partial charge >= 0.3 is 0 Å². The van der Waals surface area contributed by atoms with Gasteiger partial charge in [-0.1, -0.05) is 49.2 Å². The van der Waals surface area contributed by atoms with Crippen molar-refractivity contribution in [2.75, 3.05) is 6.54 Å². The largest absolute Gasteiger partial charge is 0.345 e. The van der Waals surface area contributed by atoms with Gasteiger partial charge in [0.2, 0.25) is 11.8 Å². The fraction of sp³-hybridized carbons (Fsp3) is 0.467. The van der Waals surface area contributed by atoms with Gasteiger partial charge in [-0.2, -0.15) is 0 Å². The number of nitrogens with zero attached hydrogens (tertiary/aromatic N) is 1. The van der Waals surface area contributed by atoms with E-state index in [1.54, 1.807) is 17.0 Å². The van der Waals surface area contributed by atoms with Gasteiger partial charge in [0.25, 0.3) is 0 Å². The number of hydrogen-bond donors (Lipinski definition) is 1. The number of amides is 2. The zero-order valence-corrected chi connectivity index (χ0v) is 13.6. The van der Waals surface area contributed by atoms with Crippen molar-refractivity contribution in [2.45, 2.75) is 38.8 Å². The molecular formula is C15H18Cl2N2O2. The highest BCUT2D eigenvalue weighted by molar-refractivity contribution is 6.42. The van der Waals surface area contributed by atoms with E-state index in [4.69, 9.17) is 23.2 Å². The van der Waals surface area contributed by atoms with Crippen molar-refractivity contribution >= 4 is 35.0 Å². The molecule has 0 spiro atoms. The van der Waals surface area contributed by atoms with Crippen LogP contribution in [0.3, 0.4) is 0 Å². The van der Waals surface area contributed by atoms with Crippen LogP contribution in [0.5, 0.6) is 0 Å². The van der Waals surface area contributed by atoms with Crippen LogP contribution in [0.1, 0.15) is 32.3 Å². The molecule has 1 heterocycles. The van der Waals surface area contributed by atoms with E-state index in [0.717, 1.165) is 5.56 Å². The van der Waals surface area contributed by atoms with E-state index in [0.29, 0.717) is 22.9 Å². The minimum Gasteiger partial charge on any atom is -0.345 e. The van der Waals surface area contributed by atoms with Gasteiger partial charge in [-0.15, -0.1) is 0 Å². The fourth-order valence-electron chi connectivity index (χ4n) is 2.81. The van der Waals surface area contributed by atoms with Crippen LogP contribution in [0.25, 0.3) is 0 Å². The first-order valence-corrected chi connectivity index (χ1v) is 7.73. The molecule has 1 aromatic carbocycles. The first kappa shape index (κ1) is 16.1. The van der Waals surface area contributed by atoms with Crippen LogP contribution in [-0.4, -0.2) is 28.8 Å². The molecule has 21 heavy (non-hydrogen) atoms. The number of benzene rings is 1. The fourth-order valence-corrected chi connectivity index (χ4v) is 3.19. The number of halogens is 2. The highest BCUT2D eigenvalue weighted by Crippen LogP contribution is 2.32. The lowest BCUT2D eigenvalue weighted by Crippen LogP contribution is -2.66. The molecule has 1 saturated heterocycles. The van der Waals surface area contributed by atoms with E-state index >= 15 is 0 Å². The number of hydrogen-bond acceptors (Lipinski definition) is 2. The van der Waals surface area contributed by atoms with Gasteiger partial charge < -0.3 is 10.2 Å². The topological polar surface area (TPSA) is 49.4 Å². The molecular weight excluding hydrogens is 311 g/mol. The van der Waals surface area contributed by atoms with Crippen molar-refractivity contribution in [3.8, 4) is 0 Å². The lowest BCUT2D eigenvalue weighted by molar-refractivity contribution is -0.155. The number of piperazine rings is 1. The third-order valence-electron chi connectivity index (χ3n) is 4.17. The van der Waals surface area contributed by atoms with Crippen LogP contribution >= 0.6 is 23.2 Å². The standard InChI is InChI=1S/C15H18Cl2N2O2/c1-3-15(4-2)14(21)18-8-12(20)19(15)9-10-6-5-7-11(16)13(10)17/h5-7H,3-4,8-9H2,1-2H3,(H,18,21). The molecule has 0 radical (unpaired) electrons. The molecule has 1 aliphatic heterocycles. The second-order valence-corrected chi connectivity index (χ2v) is 5.90. The van der Waals surface area contributed by atoms with Crippen molar-refractivity contribution in [3.05, 3.63) is 33.8 Å². The SMILES string of the molecule is CCC1(CC)C(=O)NCC(=O)N1Cc1cccc(Cl)c1Cl. The number of rotatable bonds is 4. The summed E-state index contributed by atoms with van der Waals surface area (Å²) in [4.78, 5) is 26.2. The van der Waals surface area contributed by atoms with Crippen LogP contribution in [-0.2, 0) is 16.1 Å². The molecule has 6 heteroatoms. The average Bonchev–Trinajstić information content (AvgIpc) is 2.48. The Morgan fingerprint density at radius 3 is 2.52 bits per heavy atom. The quantitative estimate of drug-likeness (QED) is 0.923. The highest BCUT2D eigenvalue weighted by Gasteiger charge is 2.46. The molecule has 2 amide bonds. The predicted octanol–water partition coefficient (Wildman–Crippen LogP) is 3.01. The normalized spacial score (nSPS) is 17.8. The van der Waals surface area contributed by atoms with Crippen molar-refractivity contribution in [3.63, 3.8) is 0 Å². The first-order valence-electron chi connectivity index (χ1n) is 6.98. The van der Waals surface area contributed by atoms with Gasteiger partial charge in [0.05, 0.1) is 16.6 Å². The zero-order chi connectivity index (χ0) is 15.6. The van der Waals surface area contributed by atoms with Crippen molar-refractivity contribution in [1.82, 2.24) is 10.2 Å². The van der Waals surface area contributed by atoms with Crippen LogP contribution in [0, 0.1) is 0 Å². The van der Waals surface area contributed by atoms with Crippen LogP contribution in [0.2, 0.25) is 10.0 Å². The molecule has 4 nitrogen and oxygen atoms in total. The Morgan fingerprint density at radius 1 is 1.24 bits per heavy atom. The molecule has 1 aromatic rings. The van der Waals surface area contributed by atoms with Gasteiger partial charge in [-0.05, 0) is 24.5 Å². The van der Waals surface area contributed by atoms with Gasteiger partial charge in [0, 0.05) is 6.54 Å². The summed E-state index contributed by atoms with van der Waals surface area (Å²) < 4.78 is 0. The Morgan fingerprint density at radius 2 is 1.90 bits per heavy atom. The zero-order valence-electron chi connectivity index (χ0n) is 12.1. The second kappa shape index (κ2) is 6.24. The lowest BCUT2D eigenvalue weighted by Gasteiger charge is -2.45. The van der Waals surface area contributed by atoms with Gasteiger partial charge in [0.15, 0.2) is 0 Å². The minimum atomic E-state index is -0.818. The maximum atomic E-state index is 12.3. The van der Waals surface area contributed by atoms with Crippen molar-refractivity contribution < 1.29 is 9.59 Å².